The number of rotatable bonds is 4. The molecule has 1 unspecified atom stereocenters. The van der Waals surface area contributed by atoms with Crippen LogP contribution in [0.3, 0.4) is 0 Å². The van der Waals surface area contributed by atoms with Gasteiger partial charge in [-0.3, -0.25) is 0 Å². The lowest BCUT2D eigenvalue weighted by Gasteiger charge is -2.25. The van der Waals surface area contributed by atoms with E-state index in [1.54, 1.807) is 0 Å². The summed E-state index contributed by atoms with van der Waals surface area (Å²) in [6, 6.07) is 0. The zero-order chi connectivity index (χ0) is 11.5. The van der Waals surface area contributed by atoms with E-state index in [1.165, 1.54) is 19.5 Å². The summed E-state index contributed by atoms with van der Waals surface area (Å²) in [7, 11) is 0. The molecule has 0 spiro atoms. The van der Waals surface area contributed by atoms with Gasteiger partial charge in [-0.2, -0.15) is 0 Å². The minimum Gasteiger partial charge on any atom is -0.409 e. The molecule has 1 saturated heterocycles. The van der Waals surface area contributed by atoms with E-state index in [1.807, 2.05) is 13.8 Å². The van der Waals surface area contributed by atoms with Crippen molar-refractivity contribution in [2.24, 2.45) is 22.2 Å². The van der Waals surface area contributed by atoms with Gasteiger partial charge >= 0.3 is 0 Å². The van der Waals surface area contributed by atoms with Gasteiger partial charge in [0.05, 0.1) is 0 Å². The second-order valence-electron chi connectivity index (χ2n) is 5.31. The van der Waals surface area contributed by atoms with Gasteiger partial charge in [0, 0.05) is 12.0 Å². The normalized spacial score (nSPS) is 24.7. The van der Waals surface area contributed by atoms with E-state index in [0.717, 1.165) is 18.9 Å². The molecule has 1 aliphatic rings. The molecule has 3 N–H and O–H groups in total. The molecule has 0 amide bonds. The Hall–Kier alpha value is -0.770. The van der Waals surface area contributed by atoms with Crippen molar-refractivity contribution in [3.8, 4) is 0 Å². The van der Waals surface area contributed by atoms with E-state index in [4.69, 9.17) is 10.9 Å². The summed E-state index contributed by atoms with van der Waals surface area (Å²) < 4.78 is 0. The number of amidine groups is 1. The standard InChI is InChI=1S/C11H23N3O/c1-9-4-6-14(8-9)7-5-11(2,3)10(12)13-15/h9,15H,4-8H2,1-3H3,(H2,12,13). The molecule has 0 aromatic heterocycles. The van der Waals surface area contributed by atoms with Crippen LogP contribution in [-0.4, -0.2) is 35.6 Å². The molecule has 4 nitrogen and oxygen atoms in total. The quantitative estimate of drug-likeness (QED) is 0.322. The highest BCUT2D eigenvalue weighted by molar-refractivity contribution is 5.85. The van der Waals surface area contributed by atoms with Gasteiger partial charge in [0.1, 0.15) is 5.84 Å². The lowest BCUT2D eigenvalue weighted by molar-refractivity contribution is 0.273. The third-order valence-corrected chi connectivity index (χ3v) is 3.36. The molecule has 1 fully saturated rings. The lowest BCUT2D eigenvalue weighted by atomic mass is 9.88. The number of hydrogen-bond donors (Lipinski definition) is 2. The van der Waals surface area contributed by atoms with E-state index in [9.17, 15) is 0 Å². The van der Waals surface area contributed by atoms with Gasteiger partial charge in [0.25, 0.3) is 0 Å². The maximum atomic E-state index is 8.65. The van der Waals surface area contributed by atoms with Crippen LogP contribution in [0.25, 0.3) is 0 Å². The molecule has 15 heavy (non-hydrogen) atoms. The maximum Gasteiger partial charge on any atom is 0.144 e. The molecule has 4 heteroatoms. The van der Waals surface area contributed by atoms with Crippen LogP contribution in [0.15, 0.2) is 5.16 Å². The minimum atomic E-state index is -0.208. The second kappa shape index (κ2) is 4.84. The largest absolute Gasteiger partial charge is 0.409 e. The fourth-order valence-electron chi connectivity index (χ4n) is 1.93. The van der Waals surface area contributed by atoms with Crippen molar-refractivity contribution in [1.29, 1.82) is 0 Å². The van der Waals surface area contributed by atoms with Crippen molar-refractivity contribution < 1.29 is 5.21 Å². The van der Waals surface area contributed by atoms with Crippen LogP contribution in [0, 0.1) is 11.3 Å². The molecule has 1 rings (SSSR count). The van der Waals surface area contributed by atoms with Gasteiger partial charge in [-0.15, -0.1) is 0 Å². The highest BCUT2D eigenvalue weighted by Crippen LogP contribution is 2.23. The molecular formula is C11H23N3O. The summed E-state index contributed by atoms with van der Waals surface area (Å²) in [5.41, 5.74) is 5.44. The molecule has 0 aromatic carbocycles. The fraction of sp³-hybridized carbons (Fsp3) is 0.909. The van der Waals surface area contributed by atoms with E-state index >= 15 is 0 Å². The Labute approximate surface area is 92.1 Å². The predicted molar refractivity (Wildman–Crippen MR) is 62.0 cm³/mol. The van der Waals surface area contributed by atoms with Crippen LogP contribution in [-0.2, 0) is 0 Å². The summed E-state index contributed by atoms with van der Waals surface area (Å²) in [4.78, 5) is 2.46. The average molecular weight is 213 g/mol. The highest BCUT2D eigenvalue weighted by atomic mass is 16.4. The Balaban J connectivity index is 2.36. The molecule has 0 aliphatic carbocycles. The molecule has 0 radical (unpaired) electrons. The Morgan fingerprint density at radius 2 is 2.27 bits per heavy atom. The first kappa shape index (κ1) is 12.3. The topological polar surface area (TPSA) is 61.8 Å². The van der Waals surface area contributed by atoms with Gasteiger partial charge < -0.3 is 15.8 Å². The molecule has 1 heterocycles. The van der Waals surface area contributed by atoms with Crippen LogP contribution in [0.4, 0.5) is 0 Å². The first-order chi connectivity index (χ1) is 6.95. The van der Waals surface area contributed by atoms with Crippen molar-refractivity contribution in [2.75, 3.05) is 19.6 Å². The van der Waals surface area contributed by atoms with Crippen LogP contribution >= 0.6 is 0 Å². The van der Waals surface area contributed by atoms with Gasteiger partial charge in [-0.1, -0.05) is 25.9 Å². The zero-order valence-corrected chi connectivity index (χ0v) is 10.0. The van der Waals surface area contributed by atoms with Crippen molar-refractivity contribution in [3.05, 3.63) is 0 Å². The number of nitrogens with zero attached hydrogens (tertiary/aromatic N) is 2. The smallest absolute Gasteiger partial charge is 0.144 e. The molecule has 88 valence electrons. The summed E-state index contributed by atoms with van der Waals surface area (Å²) in [6.45, 7) is 9.73. The fourth-order valence-corrected chi connectivity index (χ4v) is 1.93. The monoisotopic (exact) mass is 213 g/mol. The van der Waals surface area contributed by atoms with E-state index < -0.39 is 0 Å². The summed E-state index contributed by atoms with van der Waals surface area (Å²) >= 11 is 0. The molecule has 1 aliphatic heterocycles. The Morgan fingerprint density at radius 3 is 2.73 bits per heavy atom. The summed E-state index contributed by atoms with van der Waals surface area (Å²) in [5.74, 6) is 1.15. The third kappa shape index (κ3) is 3.38. The number of hydrogen-bond acceptors (Lipinski definition) is 3. The molecule has 0 aromatic rings. The van der Waals surface area contributed by atoms with Crippen molar-refractivity contribution in [3.63, 3.8) is 0 Å². The minimum absolute atomic E-state index is 0.208. The summed E-state index contributed by atoms with van der Waals surface area (Å²) in [5, 5.41) is 11.8. The number of oxime groups is 1. The second-order valence-corrected chi connectivity index (χ2v) is 5.31. The van der Waals surface area contributed by atoms with Crippen molar-refractivity contribution in [1.82, 2.24) is 4.90 Å². The van der Waals surface area contributed by atoms with E-state index in [-0.39, 0.29) is 5.41 Å². The van der Waals surface area contributed by atoms with Gasteiger partial charge in [-0.25, -0.2) is 0 Å². The van der Waals surface area contributed by atoms with Gasteiger partial charge in [0.15, 0.2) is 0 Å². The van der Waals surface area contributed by atoms with E-state index in [2.05, 4.69) is 17.0 Å². The summed E-state index contributed by atoms with van der Waals surface area (Å²) in [6.07, 6.45) is 2.24. The lowest BCUT2D eigenvalue weighted by Crippen LogP contribution is -2.35. The Kier molecular flexibility index (Phi) is 3.97. The predicted octanol–water partition coefficient (Wildman–Crippen LogP) is 1.49. The SMILES string of the molecule is CC1CCN(CCC(C)(C)C(N)=NO)C1. The van der Waals surface area contributed by atoms with E-state index in [0.29, 0.717) is 5.84 Å². The van der Waals surface area contributed by atoms with Crippen molar-refractivity contribution >= 4 is 5.84 Å². The van der Waals surface area contributed by atoms with Crippen LogP contribution < -0.4 is 5.73 Å². The average Bonchev–Trinajstić information content (AvgIpc) is 2.60. The van der Waals surface area contributed by atoms with Crippen LogP contribution in [0.1, 0.15) is 33.6 Å². The third-order valence-electron chi connectivity index (χ3n) is 3.36. The van der Waals surface area contributed by atoms with Crippen molar-refractivity contribution in [2.45, 2.75) is 33.6 Å². The highest BCUT2D eigenvalue weighted by Gasteiger charge is 2.26. The maximum absolute atomic E-state index is 8.65. The molecule has 0 bridgehead atoms. The number of likely N-dealkylation sites (tertiary alicyclic amines) is 1. The molecule has 0 saturated carbocycles. The van der Waals surface area contributed by atoms with Gasteiger partial charge in [0.2, 0.25) is 0 Å². The Morgan fingerprint density at radius 1 is 1.60 bits per heavy atom. The van der Waals surface area contributed by atoms with Crippen LogP contribution in [0.2, 0.25) is 0 Å². The van der Waals surface area contributed by atoms with Crippen LogP contribution in [0.5, 0.6) is 0 Å². The first-order valence-corrected chi connectivity index (χ1v) is 5.66. The molecular weight excluding hydrogens is 190 g/mol. The van der Waals surface area contributed by atoms with Gasteiger partial charge in [-0.05, 0) is 31.8 Å². The zero-order valence-electron chi connectivity index (χ0n) is 10.0. The first-order valence-electron chi connectivity index (χ1n) is 5.66. The molecule has 1 atom stereocenters. The number of nitrogens with two attached hydrogens (primary N) is 1. The Bertz CT molecular complexity index is 238.